The van der Waals surface area contributed by atoms with Gasteiger partial charge in [0.1, 0.15) is 34.7 Å². The molecule has 2 aliphatic heterocycles. The highest BCUT2D eigenvalue weighted by Crippen LogP contribution is 2.38. The van der Waals surface area contributed by atoms with E-state index in [2.05, 4.69) is 23.7 Å². The number of rotatable bonds is 8. The number of fused-ring (bicyclic) bond motifs is 3. The number of pyridine rings is 1. The van der Waals surface area contributed by atoms with Crippen molar-refractivity contribution in [3.63, 3.8) is 0 Å². The number of nitrogens with two attached hydrogens (primary N) is 1. The van der Waals surface area contributed by atoms with Gasteiger partial charge in [-0.25, -0.2) is 9.97 Å². The number of hydrogen-bond donors (Lipinski definition) is 1. The summed E-state index contributed by atoms with van der Waals surface area (Å²) in [6.07, 6.45) is 3.23. The normalized spacial score (nSPS) is 20.5. The Morgan fingerprint density at radius 1 is 1.35 bits per heavy atom. The number of aromatic nitrogens is 3. The monoisotopic (exact) mass is 524 g/mol. The van der Waals surface area contributed by atoms with Crippen LogP contribution >= 0.6 is 11.3 Å². The third-order valence-electron chi connectivity index (χ3n) is 7.44. The van der Waals surface area contributed by atoms with Gasteiger partial charge in [0.05, 0.1) is 18.1 Å². The van der Waals surface area contributed by atoms with Crippen molar-refractivity contribution in [2.75, 3.05) is 38.3 Å². The molecule has 10 heteroatoms. The number of anilines is 1. The van der Waals surface area contributed by atoms with Crippen LogP contribution in [0.15, 0.2) is 18.3 Å². The van der Waals surface area contributed by atoms with Crippen molar-refractivity contribution >= 4 is 33.3 Å². The number of hydrogen-bond acceptors (Lipinski definition) is 9. The lowest BCUT2D eigenvalue weighted by Crippen LogP contribution is -2.51. The molecule has 198 valence electrons. The summed E-state index contributed by atoms with van der Waals surface area (Å²) in [5, 5.41) is 0.945. The highest BCUT2D eigenvalue weighted by molar-refractivity contribution is 7.18. The van der Waals surface area contributed by atoms with E-state index in [4.69, 9.17) is 25.2 Å². The van der Waals surface area contributed by atoms with Crippen LogP contribution in [-0.4, -0.2) is 77.3 Å². The molecule has 5 heterocycles. The number of aryl methyl sites for hydroxylation is 2. The van der Waals surface area contributed by atoms with Gasteiger partial charge in [0, 0.05) is 43.3 Å². The summed E-state index contributed by atoms with van der Waals surface area (Å²) in [6, 6.07) is 3.71. The van der Waals surface area contributed by atoms with Gasteiger partial charge in [0.2, 0.25) is 5.91 Å². The predicted molar refractivity (Wildman–Crippen MR) is 146 cm³/mol. The van der Waals surface area contributed by atoms with Gasteiger partial charge < -0.3 is 20.1 Å². The molecule has 1 amide bonds. The first-order valence-corrected chi connectivity index (χ1v) is 13.6. The van der Waals surface area contributed by atoms with Crippen molar-refractivity contribution in [1.82, 2.24) is 19.9 Å². The molecular weight excluding hydrogens is 488 g/mol. The molecule has 5 rings (SSSR count). The molecule has 2 aliphatic rings. The van der Waals surface area contributed by atoms with Crippen molar-refractivity contribution in [2.45, 2.75) is 59.2 Å². The van der Waals surface area contributed by atoms with E-state index >= 15 is 0 Å². The molecular formula is C27H36N6O3S. The van der Waals surface area contributed by atoms with Crippen LogP contribution in [0.2, 0.25) is 0 Å². The minimum atomic E-state index is -0.549. The standard InChI is InChI=1S/C27H36N6O3S/c1-15-16(2)37-26-21(15)25(32(6)22(23(28)34)27(3,4)5)30-24(31-26)20-12-18(7-8-29-20)35-10-9-33-13-19-11-17(33)14-36-19/h7-8,12,17,19,22H,9-11,13-14H2,1-6H3,(H2,28,34)/t17-,19-,22?/m0/s1. The first-order chi connectivity index (χ1) is 17.5. The molecule has 2 saturated heterocycles. The quantitative estimate of drug-likeness (QED) is 0.477. The Morgan fingerprint density at radius 2 is 2.14 bits per heavy atom. The van der Waals surface area contributed by atoms with Crippen LogP contribution in [0.25, 0.3) is 21.7 Å². The third-order valence-corrected chi connectivity index (χ3v) is 8.54. The summed E-state index contributed by atoms with van der Waals surface area (Å²) in [7, 11) is 1.88. The van der Waals surface area contributed by atoms with Crippen molar-refractivity contribution in [3.05, 3.63) is 28.8 Å². The third kappa shape index (κ3) is 5.02. The lowest BCUT2D eigenvalue weighted by atomic mass is 9.85. The maximum Gasteiger partial charge on any atom is 0.240 e. The predicted octanol–water partition coefficient (Wildman–Crippen LogP) is 3.56. The molecule has 0 spiro atoms. The highest BCUT2D eigenvalue weighted by atomic mass is 32.1. The number of likely N-dealkylation sites (N-methyl/N-ethyl adjacent to an activating group) is 1. The summed E-state index contributed by atoms with van der Waals surface area (Å²) < 4.78 is 11.8. The number of likely N-dealkylation sites (tertiary alicyclic amines) is 1. The molecule has 9 nitrogen and oxygen atoms in total. The van der Waals surface area contributed by atoms with E-state index in [1.807, 2.05) is 44.9 Å². The maximum absolute atomic E-state index is 12.5. The number of carbonyl (C=O) groups excluding carboxylic acids is 1. The second-order valence-electron chi connectivity index (χ2n) is 11.2. The molecule has 2 bridgehead atoms. The fourth-order valence-corrected chi connectivity index (χ4v) is 6.60. The van der Waals surface area contributed by atoms with Gasteiger partial charge in [-0.15, -0.1) is 11.3 Å². The Bertz CT molecular complexity index is 1320. The van der Waals surface area contributed by atoms with Crippen molar-refractivity contribution in [2.24, 2.45) is 11.1 Å². The smallest absolute Gasteiger partial charge is 0.240 e. The summed E-state index contributed by atoms with van der Waals surface area (Å²) in [4.78, 5) is 33.3. The highest BCUT2D eigenvalue weighted by Gasteiger charge is 2.38. The number of morpholine rings is 1. The number of nitrogens with zero attached hydrogens (tertiary/aromatic N) is 5. The van der Waals surface area contributed by atoms with E-state index in [1.54, 1.807) is 17.5 Å². The molecule has 3 aromatic rings. The Labute approximate surface area is 222 Å². The number of ether oxygens (including phenoxy) is 2. The first-order valence-electron chi connectivity index (χ1n) is 12.8. The summed E-state index contributed by atoms with van der Waals surface area (Å²) in [5.74, 6) is 1.51. The molecule has 0 aromatic carbocycles. The van der Waals surface area contributed by atoms with Gasteiger partial charge in [-0.1, -0.05) is 20.8 Å². The van der Waals surface area contributed by atoms with E-state index in [0.29, 0.717) is 36.1 Å². The van der Waals surface area contributed by atoms with Gasteiger partial charge in [0.25, 0.3) is 0 Å². The zero-order chi connectivity index (χ0) is 26.5. The Kier molecular flexibility index (Phi) is 6.84. The summed E-state index contributed by atoms with van der Waals surface area (Å²) in [6.45, 7) is 13.4. The largest absolute Gasteiger partial charge is 0.492 e. The van der Waals surface area contributed by atoms with Crippen LogP contribution in [0.1, 0.15) is 37.6 Å². The lowest BCUT2D eigenvalue weighted by Gasteiger charge is -2.36. The molecule has 3 atom stereocenters. The second-order valence-corrected chi connectivity index (χ2v) is 12.4. The molecule has 2 N–H and O–H groups in total. The molecule has 2 fully saturated rings. The number of amides is 1. The van der Waals surface area contributed by atoms with E-state index in [1.165, 1.54) is 0 Å². The average Bonchev–Trinajstić information content (AvgIpc) is 3.52. The van der Waals surface area contributed by atoms with E-state index in [9.17, 15) is 4.79 Å². The minimum absolute atomic E-state index is 0.383. The van der Waals surface area contributed by atoms with Crippen LogP contribution < -0.4 is 15.4 Å². The number of thiophene rings is 1. The van der Waals surface area contributed by atoms with Crippen molar-refractivity contribution < 1.29 is 14.3 Å². The van der Waals surface area contributed by atoms with E-state index in [-0.39, 0.29) is 11.3 Å². The van der Waals surface area contributed by atoms with Gasteiger partial charge in [-0.3, -0.25) is 14.7 Å². The Hall–Kier alpha value is -2.82. The fraction of sp³-hybridized carbons (Fsp3) is 0.556. The zero-order valence-corrected chi connectivity index (χ0v) is 23.3. The number of carbonyl (C=O) groups is 1. The van der Waals surface area contributed by atoms with Crippen LogP contribution in [0.4, 0.5) is 5.82 Å². The van der Waals surface area contributed by atoms with Crippen LogP contribution in [0, 0.1) is 19.3 Å². The van der Waals surface area contributed by atoms with Crippen molar-refractivity contribution in [3.8, 4) is 17.3 Å². The fourth-order valence-electron chi connectivity index (χ4n) is 5.58. The van der Waals surface area contributed by atoms with Gasteiger partial charge in [-0.05, 0) is 37.3 Å². The maximum atomic E-state index is 12.5. The molecule has 0 saturated carbocycles. The van der Waals surface area contributed by atoms with Crippen LogP contribution in [-0.2, 0) is 9.53 Å². The lowest BCUT2D eigenvalue weighted by molar-refractivity contribution is -0.121. The Balaban J connectivity index is 1.44. The summed E-state index contributed by atoms with van der Waals surface area (Å²) in [5.41, 5.74) is 7.21. The van der Waals surface area contributed by atoms with Gasteiger partial charge in [0.15, 0.2) is 5.82 Å². The molecule has 1 unspecified atom stereocenters. The van der Waals surface area contributed by atoms with Crippen LogP contribution in [0.3, 0.4) is 0 Å². The van der Waals surface area contributed by atoms with Crippen LogP contribution in [0.5, 0.6) is 5.75 Å². The second kappa shape index (κ2) is 9.81. The number of primary amides is 1. The molecule has 0 radical (unpaired) electrons. The molecule has 37 heavy (non-hydrogen) atoms. The topological polar surface area (TPSA) is 107 Å². The van der Waals surface area contributed by atoms with Gasteiger partial charge in [-0.2, -0.15) is 0 Å². The SMILES string of the molecule is Cc1sc2nc(-c3cc(OCCN4C[C@@H]5C[C@H]4CO5)ccn3)nc(N(C)C(C(N)=O)C(C)(C)C)c2c1C. The minimum Gasteiger partial charge on any atom is -0.492 e. The van der Waals surface area contributed by atoms with E-state index in [0.717, 1.165) is 52.5 Å². The van der Waals surface area contributed by atoms with Gasteiger partial charge >= 0.3 is 0 Å². The molecule has 3 aromatic heterocycles. The zero-order valence-electron chi connectivity index (χ0n) is 22.4. The van der Waals surface area contributed by atoms with Crippen molar-refractivity contribution in [1.29, 1.82) is 0 Å². The Morgan fingerprint density at radius 3 is 2.78 bits per heavy atom. The molecule has 0 aliphatic carbocycles. The first kappa shape index (κ1) is 25.8. The van der Waals surface area contributed by atoms with E-state index < -0.39 is 6.04 Å². The average molecular weight is 525 g/mol. The summed E-state index contributed by atoms with van der Waals surface area (Å²) >= 11 is 1.62.